The van der Waals surface area contributed by atoms with Crippen LogP contribution >= 0.6 is 0 Å². The van der Waals surface area contributed by atoms with E-state index in [2.05, 4.69) is 42.3 Å². The van der Waals surface area contributed by atoms with Gasteiger partial charge < -0.3 is 9.64 Å². The quantitative estimate of drug-likeness (QED) is 0.698. The van der Waals surface area contributed by atoms with Crippen molar-refractivity contribution < 1.29 is 4.74 Å². The van der Waals surface area contributed by atoms with E-state index in [1.54, 1.807) is 0 Å². The van der Waals surface area contributed by atoms with Gasteiger partial charge in [-0.2, -0.15) is 0 Å². The minimum Gasteiger partial charge on any atom is -0.457 e. The van der Waals surface area contributed by atoms with Crippen molar-refractivity contribution in [3.05, 3.63) is 59.7 Å². The number of fused-ring (bicyclic) bond motifs is 2. The predicted octanol–water partition coefficient (Wildman–Crippen LogP) is 3.47. The first-order valence-electron chi connectivity index (χ1n) is 6.35. The summed E-state index contributed by atoms with van der Waals surface area (Å²) in [5.74, 6) is 1.96. The number of likely N-dealkylation sites (N-methyl/N-ethyl adjacent to an activating group) is 1. The van der Waals surface area contributed by atoms with Gasteiger partial charge in [-0.15, -0.1) is 0 Å². The molecular formula is C16H17NO. The highest BCUT2D eigenvalue weighted by molar-refractivity contribution is 5.42. The third kappa shape index (κ3) is 2.24. The third-order valence-electron chi connectivity index (χ3n) is 3.37. The van der Waals surface area contributed by atoms with Crippen LogP contribution in [0.3, 0.4) is 0 Å². The summed E-state index contributed by atoms with van der Waals surface area (Å²) < 4.78 is 6.08. The van der Waals surface area contributed by atoms with Crippen LogP contribution in [0.2, 0.25) is 0 Å². The Morgan fingerprint density at radius 2 is 1.50 bits per heavy atom. The number of nitrogens with zero attached hydrogens (tertiary/aromatic N) is 1. The van der Waals surface area contributed by atoms with Crippen LogP contribution in [-0.4, -0.2) is 18.5 Å². The first kappa shape index (κ1) is 11.3. The molecule has 1 aliphatic rings. The lowest BCUT2D eigenvalue weighted by atomic mass is 10.1. The van der Waals surface area contributed by atoms with E-state index in [1.165, 1.54) is 11.1 Å². The summed E-state index contributed by atoms with van der Waals surface area (Å²) in [5.41, 5.74) is 2.53. The Morgan fingerprint density at radius 3 is 2.28 bits per heavy atom. The Morgan fingerprint density at radius 1 is 0.889 bits per heavy atom. The largest absolute Gasteiger partial charge is 0.457 e. The van der Waals surface area contributed by atoms with Crippen molar-refractivity contribution in [2.24, 2.45) is 0 Å². The number of benzene rings is 2. The minimum absolute atomic E-state index is 0.935. The molecule has 0 N–H and O–H groups in total. The molecule has 0 unspecified atom stereocenters. The second-order valence-electron chi connectivity index (χ2n) is 4.81. The van der Waals surface area contributed by atoms with Crippen molar-refractivity contribution in [2.75, 3.05) is 13.6 Å². The zero-order valence-electron chi connectivity index (χ0n) is 10.6. The molecule has 2 aromatic rings. The molecule has 1 aliphatic heterocycles. The third-order valence-corrected chi connectivity index (χ3v) is 3.37. The molecule has 0 aromatic heterocycles. The van der Waals surface area contributed by atoms with Crippen molar-refractivity contribution in [1.82, 2.24) is 4.90 Å². The van der Waals surface area contributed by atoms with Crippen LogP contribution in [-0.2, 0) is 13.0 Å². The van der Waals surface area contributed by atoms with E-state index in [0.717, 1.165) is 31.0 Å². The summed E-state index contributed by atoms with van der Waals surface area (Å²) in [7, 11) is 2.16. The van der Waals surface area contributed by atoms with Crippen molar-refractivity contribution >= 4 is 0 Å². The van der Waals surface area contributed by atoms with Gasteiger partial charge >= 0.3 is 0 Å². The summed E-state index contributed by atoms with van der Waals surface area (Å²) in [6.45, 7) is 1.98. The molecule has 18 heavy (non-hydrogen) atoms. The minimum atomic E-state index is 0.935. The van der Waals surface area contributed by atoms with E-state index in [4.69, 9.17) is 4.74 Å². The molecule has 0 atom stereocenters. The molecule has 2 heteroatoms. The average molecular weight is 239 g/mol. The van der Waals surface area contributed by atoms with Gasteiger partial charge in [0.15, 0.2) is 0 Å². The Kier molecular flexibility index (Phi) is 3.03. The molecule has 2 nitrogen and oxygen atoms in total. The first-order valence-corrected chi connectivity index (χ1v) is 6.35. The van der Waals surface area contributed by atoms with E-state index >= 15 is 0 Å². The maximum absolute atomic E-state index is 6.08. The maximum atomic E-state index is 6.08. The summed E-state index contributed by atoms with van der Waals surface area (Å²) in [4.78, 5) is 2.34. The van der Waals surface area contributed by atoms with Crippen LogP contribution in [0.15, 0.2) is 48.5 Å². The van der Waals surface area contributed by atoms with Crippen molar-refractivity contribution in [2.45, 2.75) is 13.0 Å². The van der Waals surface area contributed by atoms with Gasteiger partial charge in [0.25, 0.3) is 0 Å². The van der Waals surface area contributed by atoms with Crippen LogP contribution in [0.25, 0.3) is 0 Å². The standard InChI is InChI=1S/C16H17NO/c1-17-11-10-13-6-2-4-8-15(13)18-16-9-5-3-7-14(16)12-17/h2-9H,10-12H2,1H3. The number of hydrogen-bond donors (Lipinski definition) is 0. The van der Waals surface area contributed by atoms with Gasteiger partial charge in [-0.3, -0.25) is 0 Å². The molecule has 0 saturated heterocycles. The van der Waals surface area contributed by atoms with E-state index in [0.29, 0.717) is 0 Å². The zero-order valence-corrected chi connectivity index (χ0v) is 10.6. The van der Waals surface area contributed by atoms with Gasteiger partial charge in [-0.1, -0.05) is 36.4 Å². The van der Waals surface area contributed by atoms with Crippen molar-refractivity contribution in [1.29, 1.82) is 0 Å². The summed E-state index contributed by atoms with van der Waals surface area (Å²) in [6, 6.07) is 16.6. The maximum Gasteiger partial charge on any atom is 0.131 e. The summed E-state index contributed by atoms with van der Waals surface area (Å²) in [6.07, 6.45) is 1.03. The lowest BCUT2D eigenvalue weighted by Crippen LogP contribution is -2.20. The first-order chi connectivity index (χ1) is 8.83. The lowest BCUT2D eigenvalue weighted by Gasteiger charge is -2.16. The smallest absolute Gasteiger partial charge is 0.131 e. The molecular weight excluding hydrogens is 222 g/mol. The molecule has 0 amide bonds. The van der Waals surface area contributed by atoms with Crippen molar-refractivity contribution in [3.63, 3.8) is 0 Å². The summed E-state index contributed by atoms with van der Waals surface area (Å²) in [5, 5.41) is 0. The van der Waals surface area contributed by atoms with Crippen LogP contribution in [0.5, 0.6) is 11.5 Å². The molecule has 0 radical (unpaired) electrons. The van der Waals surface area contributed by atoms with E-state index < -0.39 is 0 Å². The molecule has 1 heterocycles. The molecule has 0 bridgehead atoms. The fourth-order valence-electron chi connectivity index (χ4n) is 2.34. The van der Waals surface area contributed by atoms with Crippen LogP contribution in [0.4, 0.5) is 0 Å². The Labute approximate surface area is 108 Å². The molecule has 0 aliphatic carbocycles. The SMILES string of the molecule is CN1CCc2ccccc2Oc2ccccc2C1. The van der Waals surface area contributed by atoms with Gasteiger partial charge in [-0.05, 0) is 31.2 Å². The molecule has 3 rings (SSSR count). The highest BCUT2D eigenvalue weighted by Gasteiger charge is 2.13. The Balaban J connectivity index is 2.06. The van der Waals surface area contributed by atoms with Crippen LogP contribution in [0, 0.1) is 0 Å². The highest BCUT2D eigenvalue weighted by atomic mass is 16.5. The molecule has 0 saturated carbocycles. The average Bonchev–Trinajstić information content (AvgIpc) is 2.46. The van der Waals surface area contributed by atoms with Gasteiger partial charge in [0.05, 0.1) is 0 Å². The molecule has 0 fully saturated rings. The predicted molar refractivity (Wildman–Crippen MR) is 73.0 cm³/mol. The Hall–Kier alpha value is -1.80. The number of rotatable bonds is 0. The summed E-state index contributed by atoms with van der Waals surface area (Å²) >= 11 is 0. The van der Waals surface area contributed by atoms with Crippen LogP contribution < -0.4 is 4.74 Å². The monoisotopic (exact) mass is 239 g/mol. The number of ether oxygens (including phenoxy) is 1. The fraction of sp³-hybridized carbons (Fsp3) is 0.250. The Bertz CT molecular complexity index is 550. The number of hydrogen-bond acceptors (Lipinski definition) is 2. The van der Waals surface area contributed by atoms with Crippen LogP contribution in [0.1, 0.15) is 11.1 Å². The van der Waals surface area contributed by atoms with Gasteiger partial charge in [0.2, 0.25) is 0 Å². The lowest BCUT2D eigenvalue weighted by molar-refractivity contribution is 0.330. The molecule has 0 spiro atoms. The van der Waals surface area contributed by atoms with Gasteiger partial charge in [-0.25, -0.2) is 0 Å². The normalized spacial score (nSPS) is 15.6. The second-order valence-corrected chi connectivity index (χ2v) is 4.81. The fourth-order valence-corrected chi connectivity index (χ4v) is 2.34. The number of para-hydroxylation sites is 2. The van der Waals surface area contributed by atoms with Gasteiger partial charge in [0, 0.05) is 18.7 Å². The zero-order chi connectivity index (χ0) is 12.4. The second kappa shape index (κ2) is 4.83. The van der Waals surface area contributed by atoms with E-state index in [-0.39, 0.29) is 0 Å². The van der Waals surface area contributed by atoms with Gasteiger partial charge in [0.1, 0.15) is 11.5 Å². The topological polar surface area (TPSA) is 12.5 Å². The van der Waals surface area contributed by atoms with E-state index in [1.807, 2.05) is 18.2 Å². The molecule has 2 aromatic carbocycles. The van der Waals surface area contributed by atoms with Crippen molar-refractivity contribution in [3.8, 4) is 11.5 Å². The molecule has 92 valence electrons. The highest BCUT2D eigenvalue weighted by Crippen LogP contribution is 2.30. The van der Waals surface area contributed by atoms with E-state index in [9.17, 15) is 0 Å².